The molecular formula is C23H35N3O6. The van der Waals surface area contributed by atoms with Crippen LogP contribution in [0.25, 0.3) is 0 Å². The number of rotatable bonds is 8. The van der Waals surface area contributed by atoms with Crippen LogP contribution in [-0.2, 0) is 20.7 Å². The Hall–Kier alpha value is -2.97. The van der Waals surface area contributed by atoms with Gasteiger partial charge in [0.15, 0.2) is 11.5 Å². The Bertz CT molecular complexity index is 797. The van der Waals surface area contributed by atoms with E-state index in [1.54, 1.807) is 39.9 Å². The number of aryl methyl sites for hydroxylation is 1. The number of carbonyl (C=O) groups excluding carboxylic acids is 3. The molecule has 0 aromatic heterocycles. The molecule has 0 aliphatic carbocycles. The lowest BCUT2D eigenvalue weighted by atomic mass is 10.0. The maximum atomic E-state index is 12.4. The minimum absolute atomic E-state index is 0.0175. The van der Waals surface area contributed by atoms with E-state index in [2.05, 4.69) is 10.6 Å². The van der Waals surface area contributed by atoms with Crippen LogP contribution in [0.1, 0.15) is 45.6 Å². The lowest BCUT2D eigenvalue weighted by Crippen LogP contribution is -2.49. The summed E-state index contributed by atoms with van der Waals surface area (Å²) in [7, 11) is 3.17. The van der Waals surface area contributed by atoms with Crippen LogP contribution in [0.3, 0.4) is 0 Å². The topological polar surface area (TPSA) is 106 Å². The van der Waals surface area contributed by atoms with Crippen molar-refractivity contribution in [1.29, 1.82) is 0 Å². The number of benzene rings is 1. The Kier molecular flexibility index (Phi) is 9.16. The number of ether oxygens (including phenoxy) is 3. The summed E-state index contributed by atoms with van der Waals surface area (Å²) >= 11 is 0. The van der Waals surface area contributed by atoms with Gasteiger partial charge in [-0.25, -0.2) is 4.79 Å². The molecule has 0 radical (unpaired) electrons. The Balaban J connectivity index is 1.69. The zero-order chi connectivity index (χ0) is 23.7. The summed E-state index contributed by atoms with van der Waals surface area (Å²) in [5.41, 5.74) is 0.388. The van der Waals surface area contributed by atoms with E-state index in [-0.39, 0.29) is 24.4 Å². The highest BCUT2D eigenvalue weighted by Crippen LogP contribution is 2.28. The minimum Gasteiger partial charge on any atom is -0.493 e. The van der Waals surface area contributed by atoms with Gasteiger partial charge < -0.3 is 29.7 Å². The molecule has 178 valence electrons. The molecule has 2 rings (SSSR count). The van der Waals surface area contributed by atoms with Crippen LogP contribution < -0.4 is 20.1 Å². The van der Waals surface area contributed by atoms with E-state index in [1.165, 1.54) is 0 Å². The summed E-state index contributed by atoms with van der Waals surface area (Å²) in [6, 6.07) is 5.66. The first-order valence-corrected chi connectivity index (χ1v) is 10.9. The largest absolute Gasteiger partial charge is 0.493 e. The van der Waals surface area contributed by atoms with Crippen molar-refractivity contribution in [2.45, 2.75) is 58.1 Å². The molecule has 2 N–H and O–H groups in total. The van der Waals surface area contributed by atoms with Crippen molar-refractivity contribution in [3.05, 3.63) is 23.8 Å². The third-order valence-electron chi connectivity index (χ3n) is 5.08. The second-order valence-corrected chi connectivity index (χ2v) is 8.77. The third kappa shape index (κ3) is 8.28. The molecule has 1 saturated heterocycles. The summed E-state index contributed by atoms with van der Waals surface area (Å²) in [4.78, 5) is 38.0. The minimum atomic E-state index is -0.609. The Labute approximate surface area is 189 Å². The molecule has 1 aliphatic rings. The number of methoxy groups -OCH3 is 2. The summed E-state index contributed by atoms with van der Waals surface area (Å²) in [5, 5.41) is 5.54. The standard InChI is InChI=1S/C23H35N3O6/c1-23(2,3)32-22(29)24-15-21(28)26-12-10-17(11-13-26)25-20(27)9-7-16-6-8-18(30-4)19(14-16)31-5/h6,8,14,17H,7,9-13,15H2,1-5H3,(H,24,29)(H,25,27). The monoisotopic (exact) mass is 449 g/mol. The predicted molar refractivity (Wildman–Crippen MR) is 120 cm³/mol. The predicted octanol–water partition coefficient (Wildman–Crippen LogP) is 2.27. The Morgan fingerprint density at radius 1 is 1.06 bits per heavy atom. The number of piperidine rings is 1. The van der Waals surface area contributed by atoms with Crippen LogP contribution in [-0.4, -0.2) is 68.3 Å². The fourth-order valence-corrected chi connectivity index (χ4v) is 3.44. The van der Waals surface area contributed by atoms with Gasteiger partial charge in [0.2, 0.25) is 11.8 Å². The fraction of sp³-hybridized carbons (Fsp3) is 0.609. The van der Waals surface area contributed by atoms with Crippen LogP contribution in [0.4, 0.5) is 4.79 Å². The third-order valence-corrected chi connectivity index (χ3v) is 5.08. The number of nitrogens with one attached hydrogen (secondary N) is 2. The highest BCUT2D eigenvalue weighted by molar-refractivity contribution is 5.82. The lowest BCUT2D eigenvalue weighted by molar-refractivity contribution is -0.131. The molecule has 1 aliphatic heterocycles. The van der Waals surface area contributed by atoms with Gasteiger partial charge in [-0.3, -0.25) is 9.59 Å². The van der Waals surface area contributed by atoms with Gasteiger partial charge in [-0.15, -0.1) is 0 Å². The number of amides is 3. The molecule has 0 atom stereocenters. The zero-order valence-electron chi connectivity index (χ0n) is 19.7. The van der Waals surface area contributed by atoms with E-state index in [0.717, 1.165) is 5.56 Å². The average Bonchev–Trinajstić information content (AvgIpc) is 2.75. The maximum absolute atomic E-state index is 12.4. The Morgan fingerprint density at radius 3 is 2.31 bits per heavy atom. The molecular weight excluding hydrogens is 414 g/mol. The first kappa shape index (κ1) is 25.3. The van der Waals surface area contributed by atoms with E-state index >= 15 is 0 Å². The van der Waals surface area contributed by atoms with Gasteiger partial charge in [-0.05, 0) is 57.7 Å². The molecule has 3 amide bonds. The van der Waals surface area contributed by atoms with Crippen LogP contribution in [0.15, 0.2) is 18.2 Å². The number of alkyl carbamates (subject to hydrolysis) is 1. The van der Waals surface area contributed by atoms with Crippen molar-refractivity contribution in [2.75, 3.05) is 33.9 Å². The quantitative estimate of drug-likeness (QED) is 0.631. The number of carbonyl (C=O) groups is 3. The molecule has 1 aromatic carbocycles. The van der Waals surface area contributed by atoms with Crippen molar-refractivity contribution in [2.24, 2.45) is 0 Å². The van der Waals surface area contributed by atoms with E-state index in [4.69, 9.17) is 14.2 Å². The number of likely N-dealkylation sites (tertiary alicyclic amines) is 1. The van der Waals surface area contributed by atoms with Crippen molar-refractivity contribution in [3.8, 4) is 11.5 Å². The van der Waals surface area contributed by atoms with Crippen molar-refractivity contribution >= 4 is 17.9 Å². The first-order chi connectivity index (χ1) is 15.1. The fourth-order valence-electron chi connectivity index (χ4n) is 3.44. The lowest BCUT2D eigenvalue weighted by Gasteiger charge is -2.32. The van der Waals surface area contributed by atoms with E-state index in [9.17, 15) is 14.4 Å². The highest BCUT2D eigenvalue weighted by atomic mass is 16.6. The van der Waals surface area contributed by atoms with Crippen LogP contribution in [0.2, 0.25) is 0 Å². The van der Waals surface area contributed by atoms with Crippen molar-refractivity contribution in [3.63, 3.8) is 0 Å². The van der Waals surface area contributed by atoms with Crippen LogP contribution in [0.5, 0.6) is 11.5 Å². The molecule has 1 aromatic rings. The molecule has 1 heterocycles. The molecule has 0 saturated carbocycles. The average molecular weight is 450 g/mol. The van der Waals surface area contributed by atoms with Crippen LogP contribution >= 0.6 is 0 Å². The summed E-state index contributed by atoms with van der Waals surface area (Å²) in [6.07, 6.45) is 1.72. The molecule has 1 fully saturated rings. The normalized spacial score (nSPS) is 14.5. The molecule has 0 spiro atoms. The number of hydrogen-bond donors (Lipinski definition) is 2. The van der Waals surface area contributed by atoms with Gasteiger partial charge in [0.25, 0.3) is 0 Å². The first-order valence-electron chi connectivity index (χ1n) is 10.9. The van der Waals surface area contributed by atoms with E-state index < -0.39 is 11.7 Å². The highest BCUT2D eigenvalue weighted by Gasteiger charge is 2.24. The van der Waals surface area contributed by atoms with Gasteiger partial charge in [0, 0.05) is 25.6 Å². The summed E-state index contributed by atoms with van der Waals surface area (Å²) in [5.74, 6) is 1.12. The van der Waals surface area contributed by atoms with Gasteiger partial charge >= 0.3 is 6.09 Å². The second-order valence-electron chi connectivity index (χ2n) is 8.77. The summed E-state index contributed by atoms with van der Waals surface area (Å²) in [6.45, 7) is 6.27. The Morgan fingerprint density at radius 2 is 1.72 bits per heavy atom. The van der Waals surface area contributed by atoms with Gasteiger partial charge in [-0.2, -0.15) is 0 Å². The number of hydrogen-bond acceptors (Lipinski definition) is 6. The van der Waals surface area contributed by atoms with Gasteiger partial charge in [0.1, 0.15) is 12.1 Å². The molecule has 0 bridgehead atoms. The SMILES string of the molecule is COc1ccc(CCC(=O)NC2CCN(C(=O)CNC(=O)OC(C)(C)C)CC2)cc1OC. The van der Waals surface area contributed by atoms with Gasteiger partial charge in [-0.1, -0.05) is 6.07 Å². The summed E-state index contributed by atoms with van der Waals surface area (Å²) < 4.78 is 15.7. The van der Waals surface area contributed by atoms with Crippen molar-refractivity contribution < 1.29 is 28.6 Å². The molecule has 32 heavy (non-hydrogen) atoms. The second kappa shape index (κ2) is 11.6. The van der Waals surface area contributed by atoms with Crippen LogP contribution in [0, 0.1) is 0 Å². The van der Waals surface area contributed by atoms with E-state index in [0.29, 0.717) is 50.3 Å². The zero-order valence-corrected chi connectivity index (χ0v) is 19.7. The van der Waals surface area contributed by atoms with E-state index in [1.807, 2.05) is 18.2 Å². The molecule has 9 heteroatoms. The molecule has 9 nitrogen and oxygen atoms in total. The molecule has 0 unspecified atom stereocenters. The van der Waals surface area contributed by atoms with Gasteiger partial charge in [0.05, 0.1) is 14.2 Å². The number of nitrogens with zero attached hydrogens (tertiary/aromatic N) is 1. The van der Waals surface area contributed by atoms with Crippen molar-refractivity contribution in [1.82, 2.24) is 15.5 Å². The smallest absolute Gasteiger partial charge is 0.408 e. The maximum Gasteiger partial charge on any atom is 0.408 e.